The Bertz CT molecular complexity index is 1280. The number of rotatable bonds is 8. The van der Waals surface area contributed by atoms with E-state index in [9.17, 15) is 4.79 Å². The lowest BCUT2D eigenvalue weighted by Crippen LogP contribution is -2.37. The lowest BCUT2D eigenvalue weighted by Gasteiger charge is -2.25. The maximum atomic E-state index is 13.5. The first-order valence-corrected chi connectivity index (χ1v) is 12.0. The summed E-state index contributed by atoms with van der Waals surface area (Å²) in [5, 5.41) is 5.26. The predicted octanol–water partition coefficient (Wildman–Crippen LogP) is 5.95. The van der Waals surface area contributed by atoms with Crippen molar-refractivity contribution in [3.05, 3.63) is 89.3 Å². The Morgan fingerprint density at radius 3 is 2.66 bits per heavy atom. The number of para-hydroxylation sites is 1. The van der Waals surface area contributed by atoms with Gasteiger partial charge in [-0.1, -0.05) is 54.1 Å². The number of carbonyl (C=O) groups is 1. The zero-order valence-corrected chi connectivity index (χ0v) is 20.1. The molecule has 0 radical (unpaired) electrons. The summed E-state index contributed by atoms with van der Waals surface area (Å²) in [6.45, 7) is 1.40. The van der Waals surface area contributed by atoms with Crippen molar-refractivity contribution >= 4 is 17.5 Å². The number of aromatic nitrogens is 2. The van der Waals surface area contributed by atoms with Crippen LogP contribution in [0.15, 0.2) is 77.4 Å². The molecule has 0 bridgehead atoms. The van der Waals surface area contributed by atoms with Crippen LogP contribution < -0.4 is 4.74 Å². The number of benzene rings is 2. The van der Waals surface area contributed by atoms with Crippen LogP contribution in [-0.4, -0.2) is 39.8 Å². The van der Waals surface area contributed by atoms with E-state index in [1.54, 1.807) is 33.8 Å². The molecule has 2 aromatic heterocycles. The molecule has 4 aromatic rings. The van der Waals surface area contributed by atoms with Crippen LogP contribution in [0, 0.1) is 0 Å². The van der Waals surface area contributed by atoms with Crippen molar-refractivity contribution in [2.24, 2.45) is 7.05 Å². The molecule has 1 aliphatic rings. The lowest BCUT2D eigenvalue weighted by molar-refractivity contribution is 0.0483. The SMILES string of the molecule is Cn1nc(-c2ccccc2)c(CN(C[C@H]2CCCO2)C(=O)c2ccco2)c1Oc1ccccc1Cl. The molecule has 1 atom stereocenters. The fraction of sp³-hybridized carbons (Fsp3) is 0.259. The number of nitrogens with zero attached hydrogens (tertiary/aromatic N) is 3. The molecule has 1 saturated heterocycles. The van der Waals surface area contributed by atoms with Crippen molar-refractivity contribution in [3.8, 4) is 22.9 Å². The largest absolute Gasteiger partial charge is 0.459 e. The molecule has 1 aliphatic heterocycles. The summed E-state index contributed by atoms with van der Waals surface area (Å²) >= 11 is 6.39. The molecule has 8 heteroatoms. The first kappa shape index (κ1) is 23.2. The van der Waals surface area contributed by atoms with Crippen LogP contribution in [0.1, 0.15) is 29.0 Å². The fourth-order valence-corrected chi connectivity index (χ4v) is 4.46. The minimum atomic E-state index is -0.211. The van der Waals surface area contributed by atoms with Crippen molar-refractivity contribution < 1.29 is 18.7 Å². The molecule has 35 heavy (non-hydrogen) atoms. The van der Waals surface area contributed by atoms with E-state index in [1.165, 1.54) is 6.26 Å². The van der Waals surface area contributed by atoms with Crippen molar-refractivity contribution in [1.29, 1.82) is 0 Å². The summed E-state index contributed by atoms with van der Waals surface area (Å²) in [6.07, 6.45) is 3.36. The van der Waals surface area contributed by atoms with Crippen LogP contribution in [0.3, 0.4) is 0 Å². The number of amides is 1. The number of furan rings is 1. The average Bonchev–Trinajstić information content (AvgIpc) is 3.64. The standard InChI is InChI=1S/C27H26ClN3O4/c1-30-27(35-23-13-6-5-12-22(23)28)21(25(29-30)19-9-3-2-4-10-19)18-31(17-20-11-7-15-33-20)26(32)24-14-8-16-34-24/h2-6,8-10,12-14,16,20H,7,11,15,17-18H2,1H3/t20-/m1/s1. The molecule has 0 spiro atoms. The van der Waals surface area contributed by atoms with Crippen LogP contribution in [0.4, 0.5) is 0 Å². The number of ether oxygens (including phenoxy) is 2. The lowest BCUT2D eigenvalue weighted by atomic mass is 10.1. The van der Waals surface area contributed by atoms with Gasteiger partial charge in [-0.05, 0) is 37.1 Å². The first-order valence-electron chi connectivity index (χ1n) is 11.6. The third-order valence-electron chi connectivity index (χ3n) is 5.99. The summed E-state index contributed by atoms with van der Waals surface area (Å²) in [4.78, 5) is 15.2. The third kappa shape index (κ3) is 5.11. The van der Waals surface area contributed by atoms with Gasteiger partial charge in [0.2, 0.25) is 5.88 Å². The van der Waals surface area contributed by atoms with Crippen molar-refractivity contribution in [2.75, 3.05) is 13.2 Å². The van der Waals surface area contributed by atoms with Gasteiger partial charge < -0.3 is 18.8 Å². The van der Waals surface area contributed by atoms with Crippen molar-refractivity contribution in [2.45, 2.75) is 25.5 Å². The third-order valence-corrected chi connectivity index (χ3v) is 6.31. The van der Waals surface area contributed by atoms with Gasteiger partial charge in [0.1, 0.15) is 11.4 Å². The minimum absolute atomic E-state index is 0.0290. The summed E-state index contributed by atoms with van der Waals surface area (Å²) in [7, 11) is 1.82. The van der Waals surface area contributed by atoms with E-state index in [4.69, 9.17) is 30.6 Å². The van der Waals surface area contributed by atoms with Crippen LogP contribution in [0.2, 0.25) is 5.02 Å². The highest BCUT2D eigenvalue weighted by atomic mass is 35.5. The Labute approximate surface area is 208 Å². The van der Waals surface area contributed by atoms with E-state index >= 15 is 0 Å². The predicted molar refractivity (Wildman–Crippen MR) is 133 cm³/mol. The van der Waals surface area contributed by atoms with Gasteiger partial charge in [-0.25, -0.2) is 4.68 Å². The highest BCUT2D eigenvalue weighted by molar-refractivity contribution is 6.32. The first-order chi connectivity index (χ1) is 17.1. The van der Waals surface area contributed by atoms with E-state index < -0.39 is 0 Å². The molecular weight excluding hydrogens is 466 g/mol. The topological polar surface area (TPSA) is 69.7 Å². The fourth-order valence-electron chi connectivity index (χ4n) is 4.28. The number of carbonyl (C=O) groups excluding carboxylic acids is 1. The van der Waals surface area contributed by atoms with Crippen molar-refractivity contribution in [3.63, 3.8) is 0 Å². The van der Waals surface area contributed by atoms with E-state index in [-0.39, 0.29) is 24.3 Å². The molecule has 0 unspecified atom stereocenters. The van der Waals surface area contributed by atoms with Crippen LogP contribution in [-0.2, 0) is 18.3 Å². The molecule has 3 heterocycles. The maximum absolute atomic E-state index is 13.5. The average molecular weight is 492 g/mol. The maximum Gasteiger partial charge on any atom is 0.289 e. The number of halogens is 1. The van der Waals surface area contributed by atoms with Gasteiger partial charge in [0, 0.05) is 25.8 Å². The van der Waals surface area contributed by atoms with Crippen LogP contribution in [0.25, 0.3) is 11.3 Å². The van der Waals surface area contributed by atoms with E-state index in [0.29, 0.717) is 29.8 Å². The van der Waals surface area contributed by atoms with Crippen molar-refractivity contribution in [1.82, 2.24) is 14.7 Å². The monoisotopic (exact) mass is 491 g/mol. The normalized spacial score (nSPS) is 15.3. The smallest absolute Gasteiger partial charge is 0.289 e. The quantitative estimate of drug-likeness (QED) is 0.305. The van der Waals surface area contributed by atoms with Gasteiger partial charge in [0.15, 0.2) is 5.76 Å². The van der Waals surface area contributed by atoms with E-state index in [1.807, 2.05) is 49.5 Å². The Morgan fingerprint density at radius 2 is 1.94 bits per heavy atom. The Balaban J connectivity index is 1.56. The number of aryl methyl sites for hydroxylation is 1. The minimum Gasteiger partial charge on any atom is -0.459 e. The second-order valence-corrected chi connectivity index (χ2v) is 8.86. The summed E-state index contributed by atoms with van der Waals surface area (Å²) < 4.78 is 19.3. The Kier molecular flexibility index (Phi) is 6.88. The summed E-state index contributed by atoms with van der Waals surface area (Å²) in [6, 6.07) is 20.5. The highest BCUT2D eigenvalue weighted by Crippen LogP contribution is 2.36. The van der Waals surface area contributed by atoms with Gasteiger partial charge >= 0.3 is 0 Å². The number of hydrogen-bond donors (Lipinski definition) is 0. The van der Waals surface area contributed by atoms with Gasteiger partial charge in [-0.15, -0.1) is 0 Å². The molecular formula is C27H26ClN3O4. The Hall–Kier alpha value is -3.55. The highest BCUT2D eigenvalue weighted by Gasteiger charge is 2.29. The second-order valence-electron chi connectivity index (χ2n) is 8.45. The molecule has 5 rings (SSSR count). The molecule has 0 saturated carbocycles. The van der Waals surface area contributed by atoms with Gasteiger partial charge in [0.25, 0.3) is 5.91 Å². The molecule has 2 aromatic carbocycles. The van der Waals surface area contributed by atoms with Crippen LogP contribution >= 0.6 is 11.6 Å². The molecule has 1 amide bonds. The molecule has 7 nitrogen and oxygen atoms in total. The zero-order valence-electron chi connectivity index (χ0n) is 19.4. The molecule has 0 aliphatic carbocycles. The molecule has 0 N–H and O–H groups in total. The summed E-state index contributed by atoms with van der Waals surface area (Å²) in [5.74, 6) is 1.10. The van der Waals surface area contributed by atoms with Crippen LogP contribution in [0.5, 0.6) is 11.6 Å². The van der Waals surface area contributed by atoms with E-state index in [0.717, 1.165) is 29.7 Å². The molecule has 180 valence electrons. The zero-order chi connectivity index (χ0) is 24.2. The van der Waals surface area contributed by atoms with Gasteiger partial charge in [-0.2, -0.15) is 5.10 Å². The van der Waals surface area contributed by atoms with E-state index in [2.05, 4.69) is 0 Å². The summed E-state index contributed by atoms with van der Waals surface area (Å²) in [5.41, 5.74) is 2.44. The van der Waals surface area contributed by atoms with Gasteiger partial charge in [0.05, 0.1) is 29.5 Å². The second kappa shape index (κ2) is 10.4. The van der Waals surface area contributed by atoms with Gasteiger partial charge in [-0.3, -0.25) is 4.79 Å². The molecule has 1 fully saturated rings. The Morgan fingerprint density at radius 1 is 1.14 bits per heavy atom. The number of hydrogen-bond acceptors (Lipinski definition) is 5.